The Kier molecular flexibility index (Phi) is 4.55. The van der Waals surface area contributed by atoms with Gasteiger partial charge in [-0.25, -0.2) is 4.39 Å². The van der Waals surface area contributed by atoms with Crippen LogP contribution in [0.25, 0.3) is 0 Å². The van der Waals surface area contributed by atoms with Crippen LogP contribution >= 0.6 is 0 Å². The number of hydrogen-bond acceptors (Lipinski definition) is 2. The number of halogens is 1. The van der Waals surface area contributed by atoms with Gasteiger partial charge in [0.15, 0.2) is 0 Å². The first-order valence-electron chi connectivity index (χ1n) is 7.77. The minimum absolute atomic E-state index is 0.110. The van der Waals surface area contributed by atoms with Crippen LogP contribution < -0.4 is 5.73 Å². The molecule has 4 heteroatoms. The Morgan fingerprint density at radius 1 is 1.29 bits per heavy atom. The molecular weight excluding hydrogens is 267 g/mol. The number of hydrogen-bond donors (Lipinski definition) is 1. The maximum Gasteiger partial charge on any atom is 0.254 e. The van der Waals surface area contributed by atoms with Gasteiger partial charge < -0.3 is 10.6 Å². The third kappa shape index (κ3) is 3.04. The molecule has 116 valence electrons. The molecule has 0 unspecified atom stereocenters. The standard InChI is InChI=1S/C17H25FN2O/c1-4-17(5-2)6-8-20(9-7-17)16(21)13-10-14(18)12(3)15(19)11-13/h10-11H,4-9,19H2,1-3H3. The van der Waals surface area contributed by atoms with E-state index in [1.54, 1.807) is 13.0 Å². The molecule has 0 spiro atoms. The van der Waals surface area contributed by atoms with E-state index in [1.165, 1.54) is 6.07 Å². The van der Waals surface area contributed by atoms with Crippen molar-refractivity contribution in [3.63, 3.8) is 0 Å². The molecule has 1 aliphatic heterocycles. The third-order valence-electron chi connectivity index (χ3n) is 5.24. The van der Waals surface area contributed by atoms with Gasteiger partial charge in [0, 0.05) is 29.9 Å². The average molecular weight is 292 g/mol. The smallest absolute Gasteiger partial charge is 0.254 e. The lowest BCUT2D eigenvalue weighted by Crippen LogP contribution is -2.42. The highest BCUT2D eigenvalue weighted by Gasteiger charge is 2.33. The van der Waals surface area contributed by atoms with Crippen molar-refractivity contribution in [2.24, 2.45) is 5.41 Å². The van der Waals surface area contributed by atoms with Gasteiger partial charge in [0.05, 0.1) is 0 Å². The van der Waals surface area contributed by atoms with Crippen molar-refractivity contribution in [2.45, 2.75) is 46.5 Å². The van der Waals surface area contributed by atoms with E-state index in [0.717, 1.165) is 38.8 Å². The minimum Gasteiger partial charge on any atom is -0.398 e. The van der Waals surface area contributed by atoms with E-state index < -0.39 is 5.82 Å². The summed E-state index contributed by atoms with van der Waals surface area (Å²) in [6.07, 6.45) is 4.35. The molecule has 0 aromatic heterocycles. The lowest BCUT2D eigenvalue weighted by Gasteiger charge is -2.41. The van der Waals surface area contributed by atoms with Crippen LogP contribution in [0.4, 0.5) is 10.1 Å². The summed E-state index contributed by atoms with van der Waals surface area (Å²) in [7, 11) is 0. The second kappa shape index (κ2) is 6.04. The fourth-order valence-corrected chi connectivity index (χ4v) is 3.15. The van der Waals surface area contributed by atoms with Gasteiger partial charge in [-0.3, -0.25) is 4.79 Å². The molecule has 21 heavy (non-hydrogen) atoms. The van der Waals surface area contributed by atoms with Crippen molar-refractivity contribution < 1.29 is 9.18 Å². The lowest BCUT2D eigenvalue weighted by molar-refractivity contribution is 0.0557. The minimum atomic E-state index is -0.410. The fourth-order valence-electron chi connectivity index (χ4n) is 3.15. The van der Waals surface area contributed by atoms with Gasteiger partial charge in [-0.2, -0.15) is 0 Å². The Labute approximate surface area is 126 Å². The lowest BCUT2D eigenvalue weighted by atomic mass is 9.74. The Morgan fingerprint density at radius 3 is 2.33 bits per heavy atom. The van der Waals surface area contributed by atoms with Crippen LogP contribution in [0.15, 0.2) is 12.1 Å². The number of carbonyl (C=O) groups is 1. The van der Waals surface area contributed by atoms with Crippen LogP contribution in [0.5, 0.6) is 0 Å². The molecule has 2 N–H and O–H groups in total. The van der Waals surface area contributed by atoms with Crippen molar-refractivity contribution in [3.8, 4) is 0 Å². The maximum absolute atomic E-state index is 13.7. The fraction of sp³-hybridized carbons (Fsp3) is 0.588. The van der Waals surface area contributed by atoms with Crippen LogP contribution in [-0.2, 0) is 0 Å². The number of nitrogen functional groups attached to an aromatic ring is 1. The van der Waals surface area contributed by atoms with E-state index in [9.17, 15) is 9.18 Å². The summed E-state index contributed by atoms with van der Waals surface area (Å²) in [6.45, 7) is 7.55. The normalized spacial score (nSPS) is 17.8. The van der Waals surface area contributed by atoms with E-state index in [-0.39, 0.29) is 5.91 Å². The van der Waals surface area contributed by atoms with Crippen LogP contribution in [0.1, 0.15) is 55.5 Å². The molecule has 1 aromatic carbocycles. The number of benzene rings is 1. The van der Waals surface area contributed by atoms with Crippen molar-refractivity contribution in [3.05, 3.63) is 29.1 Å². The van der Waals surface area contributed by atoms with Crippen molar-refractivity contribution >= 4 is 11.6 Å². The number of amides is 1. The number of nitrogens with two attached hydrogens (primary N) is 1. The summed E-state index contributed by atoms with van der Waals surface area (Å²) < 4.78 is 13.7. The predicted octanol–water partition coefficient (Wildman–Crippen LogP) is 3.76. The maximum atomic E-state index is 13.7. The first kappa shape index (κ1) is 15.8. The summed E-state index contributed by atoms with van der Waals surface area (Å²) in [5.74, 6) is -0.520. The molecule has 0 bridgehead atoms. The van der Waals surface area contributed by atoms with Crippen molar-refractivity contribution in [1.29, 1.82) is 0 Å². The van der Waals surface area contributed by atoms with Gasteiger partial charge in [0.25, 0.3) is 5.91 Å². The third-order valence-corrected chi connectivity index (χ3v) is 5.24. The average Bonchev–Trinajstić information content (AvgIpc) is 2.51. The van der Waals surface area contributed by atoms with E-state index in [4.69, 9.17) is 5.73 Å². The topological polar surface area (TPSA) is 46.3 Å². The first-order chi connectivity index (χ1) is 9.92. The van der Waals surface area contributed by atoms with Gasteiger partial charge in [0.1, 0.15) is 5.82 Å². The number of carbonyl (C=O) groups excluding carboxylic acids is 1. The summed E-state index contributed by atoms with van der Waals surface area (Å²) in [5.41, 5.74) is 7.23. The zero-order chi connectivity index (χ0) is 15.6. The number of rotatable bonds is 3. The van der Waals surface area contributed by atoms with Crippen molar-refractivity contribution in [1.82, 2.24) is 4.90 Å². The Morgan fingerprint density at radius 2 is 1.86 bits per heavy atom. The van der Waals surface area contributed by atoms with Crippen LogP contribution in [0, 0.1) is 18.2 Å². The molecule has 1 amide bonds. The van der Waals surface area contributed by atoms with Gasteiger partial charge in [-0.05, 0) is 37.3 Å². The summed E-state index contributed by atoms with van der Waals surface area (Å²) >= 11 is 0. The first-order valence-corrected chi connectivity index (χ1v) is 7.77. The van der Waals surface area contributed by atoms with Gasteiger partial charge in [0.2, 0.25) is 0 Å². The second-order valence-electron chi connectivity index (χ2n) is 6.17. The number of piperidine rings is 1. The van der Waals surface area contributed by atoms with E-state index >= 15 is 0 Å². The molecular formula is C17H25FN2O. The molecule has 1 aromatic rings. The number of nitrogens with zero attached hydrogens (tertiary/aromatic N) is 1. The van der Waals surface area contributed by atoms with Gasteiger partial charge in [-0.15, -0.1) is 0 Å². The monoisotopic (exact) mass is 292 g/mol. The van der Waals surface area contributed by atoms with Crippen LogP contribution in [0.3, 0.4) is 0 Å². The van der Waals surface area contributed by atoms with Crippen LogP contribution in [0.2, 0.25) is 0 Å². The summed E-state index contributed by atoms with van der Waals surface area (Å²) in [6, 6.07) is 2.89. The summed E-state index contributed by atoms with van der Waals surface area (Å²) in [4.78, 5) is 14.3. The zero-order valence-electron chi connectivity index (χ0n) is 13.2. The van der Waals surface area contributed by atoms with Crippen LogP contribution in [-0.4, -0.2) is 23.9 Å². The SMILES string of the molecule is CCC1(CC)CCN(C(=O)c2cc(N)c(C)c(F)c2)CC1. The Bertz CT molecular complexity index is 505. The quantitative estimate of drug-likeness (QED) is 0.862. The number of anilines is 1. The predicted molar refractivity (Wildman–Crippen MR) is 83.7 cm³/mol. The molecule has 1 saturated heterocycles. The molecule has 0 radical (unpaired) electrons. The molecule has 0 saturated carbocycles. The van der Waals surface area contributed by atoms with E-state index in [2.05, 4.69) is 13.8 Å². The second-order valence-corrected chi connectivity index (χ2v) is 6.17. The zero-order valence-corrected chi connectivity index (χ0v) is 13.2. The highest BCUT2D eigenvalue weighted by Crippen LogP contribution is 2.38. The highest BCUT2D eigenvalue weighted by molar-refractivity contribution is 5.95. The molecule has 0 aliphatic carbocycles. The van der Waals surface area contributed by atoms with E-state index in [0.29, 0.717) is 22.2 Å². The largest absolute Gasteiger partial charge is 0.398 e. The molecule has 1 heterocycles. The highest BCUT2D eigenvalue weighted by atomic mass is 19.1. The van der Waals surface area contributed by atoms with Gasteiger partial charge >= 0.3 is 0 Å². The molecule has 1 fully saturated rings. The van der Waals surface area contributed by atoms with Crippen molar-refractivity contribution in [2.75, 3.05) is 18.8 Å². The Hall–Kier alpha value is -1.58. The number of likely N-dealkylation sites (tertiary alicyclic amines) is 1. The van der Waals surface area contributed by atoms with E-state index in [1.807, 2.05) is 4.90 Å². The van der Waals surface area contributed by atoms with Gasteiger partial charge in [-0.1, -0.05) is 26.7 Å². The summed E-state index contributed by atoms with van der Waals surface area (Å²) in [5, 5.41) is 0. The molecule has 1 aliphatic rings. The molecule has 3 nitrogen and oxygen atoms in total. The molecule has 0 atom stereocenters. The molecule has 2 rings (SSSR count). The Balaban J connectivity index is 2.12.